The molecule has 6 rings (SSSR count). The number of carbonyl (C=O) groups excluding carboxylic acids is 1. The summed E-state index contributed by atoms with van der Waals surface area (Å²) in [6.07, 6.45) is 1.41. The van der Waals surface area contributed by atoms with Gasteiger partial charge in [0.05, 0.1) is 34.8 Å². The SMILES string of the molecule is CCOc1ncccc1-c1ccc2c(n1)C(=O)N([C@H]1CCNC1)CC21CCN(c2cncc(Cl)c2C(F)(F)F)CC1CC. The van der Waals surface area contributed by atoms with Gasteiger partial charge in [-0.15, -0.1) is 0 Å². The number of halogens is 4. The fourth-order valence-electron chi connectivity index (χ4n) is 7.13. The Balaban J connectivity index is 1.44. The minimum atomic E-state index is -4.62. The molecule has 1 N–H and O–H groups in total. The van der Waals surface area contributed by atoms with E-state index >= 15 is 0 Å². The molecule has 1 spiro atoms. The second kappa shape index (κ2) is 11.6. The van der Waals surface area contributed by atoms with Crippen LogP contribution in [0.15, 0.2) is 42.9 Å². The van der Waals surface area contributed by atoms with Gasteiger partial charge in [-0.2, -0.15) is 13.2 Å². The normalized spacial score (nSPS) is 24.0. The van der Waals surface area contributed by atoms with Crippen LogP contribution in [-0.4, -0.2) is 71.1 Å². The maximum Gasteiger partial charge on any atom is 0.419 e. The molecule has 3 atom stereocenters. The van der Waals surface area contributed by atoms with E-state index in [1.165, 1.54) is 6.20 Å². The molecule has 3 aliphatic rings. The Kier molecular flexibility index (Phi) is 7.97. The molecule has 2 unspecified atom stereocenters. The minimum Gasteiger partial charge on any atom is -0.477 e. The van der Waals surface area contributed by atoms with Gasteiger partial charge in [0.15, 0.2) is 0 Å². The number of piperidine rings is 1. The van der Waals surface area contributed by atoms with Gasteiger partial charge in [-0.1, -0.05) is 31.0 Å². The van der Waals surface area contributed by atoms with Crippen LogP contribution in [0.1, 0.15) is 54.7 Å². The summed E-state index contributed by atoms with van der Waals surface area (Å²) in [4.78, 5) is 31.2. The minimum absolute atomic E-state index is 0.00855. The van der Waals surface area contributed by atoms with Gasteiger partial charge in [-0.05, 0) is 56.0 Å². The maximum atomic E-state index is 14.1. The average molecular weight is 615 g/mol. The number of anilines is 1. The Hall–Kier alpha value is -3.44. The molecule has 6 heterocycles. The number of amides is 1. The van der Waals surface area contributed by atoms with Gasteiger partial charge in [-0.3, -0.25) is 9.78 Å². The first-order valence-electron chi connectivity index (χ1n) is 14.7. The van der Waals surface area contributed by atoms with Crippen molar-refractivity contribution in [3.8, 4) is 17.1 Å². The number of nitrogens with one attached hydrogen (secondary N) is 1. The van der Waals surface area contributed by atoms with Crippen molar-refractivity contribution in [3.05, 3.63) is 64.7 Å². The van der Waals surface area contributed by atoms with Crippen molar-refractivity contribution < 1.29 is 22.7 Å². The van der Waals surface area contributed by atoms with Crippen molar-refractivity contribution in [2.75, 3.05) is 44.2 Å². The van der Waals surface area contributed by atoms with Crippen molar-refractivity contribution in [2.24, 2.45) is 5.92 Å². The van der Waals surface area contributed by atoms with Gasteiger partial charge in [-0.25, -0.2) is 9.97 Å². The van der Waals surface area contributed by atoms with E-state index in [0.717, 1.165) is 24.7 Å². The second-order valence-electron chi connectivity index (χ2n) is 11.4. The van der Waals surface area contributed by atoms with Crippen LogP contribution in [0.4, 0.5) is 18.9 Å². The molecule has 2 fully saturated rings. The Morgan fingerprint density at radius 3 is 2.77 bits per heavy atom. The first-order valence-corrected chi connectivity index (χ1v) is 15.1. The fraction of sp³-hybridized carbons (Fsp3) is 0.484. The number of pyridine rings is 3. The van der Waals surface area contributed by atoms with Gasteiger partial charge in [0.25, 0.3) is 5.91 Å². The number of hydrogen-bond donors (Lipinski definition) is 1. The molecule has 12 heteroatoms. The highest BCUT2D eigenvalue weighted by Crippen LogP contribution is 2.49. The summed E-state index contributed by atoms with van der Waals surface area (Å²) in [5.41, 5.74) is 1.20. The van der Waals surface area contributed by atoms with Crippen LogP contribution in [0, 0.1) is 5.92 Å². The lowest BCUT2D eigenvalue weighted by atomic mass is 9.62. The molecule has 1 amide bonds. The number of carbonyl (C=O) groups is 1. The molecule has 0 aliphatic carbocycles. The summed E-state index contributed by atoms with van der Waals surface area (Å²) in [7, 11) is 0. The van der Waals surface area contributed by atoms with Crippen LogP contribution in [-0.2, 0) is 11.6 Å². The average Bonchev–Trinajstić information content (AvgIpc) is 3.54. The molecule has 0 saturated carbocycles. The van der Waals surface area contributed by atoms with E-state index < -0.39 is 22.2 Å². The van der Waals surface area contributed by atoms with E-state index in [1.807, 2.05) is 36.1 Å². The lowest BCUT2D eigenvalue weighted by Crippen LogP contribution is -2.61. The molecule has 0 radical (unpaired) electrons. The van der Waals surface area contributed by atoms with Crippen LogP contribution in [0.5, 0.6) is 5.88 Å². The number of nitrogens with zero attached hydrogens (tertiary/aromatic N) is 5. The monoisotopic (exact) mass is 614 g/mol. The summed E-state index contributed by atoms with van der Waals surface area (Å²) < 4.78 is 48.0. The Morgan fingerprint density at radius 2 is 2.05 bits per heavy atom. The van der Waals surface area contributed by atoms with Crippen molar-refractivity contribution in [2.45, 2.75) is 50.7 Å². The number of aromatic nitrogens is 3. The van der Waals surface area contributed by atoms with Gasteiger partial charge in [0.1, 0.15) is 11.3 Å². The molecule has 8 nitrogen and oxygen atoms in total. The number of fused-ring (bicyclic) bond motifs is 2. The van der Waals surface area contributed by atoms with E-state index in [4.69, 9.17) is 21.3 Å². The lowest BCUT2D eigenvalue weighted by Gasteiger charge is -2.54. The standard InChI is InChI=1S/C31H34ClF3N6O2/c1-3-19-17-40(25-16-37-15-23(32)26(25)31(33,34)35)13-10-30(19)18-41(20-9-12-36-14-20)29(42)27-22(30)7-8-24(39-27)21-6-5-11-38-28(21)43-4-2/h5-8,11,15-16,19-20,36H,3-4,9-10,12-14,17-18H2,1-2H3/t19?,20-,30?/m0/s1. The predicted molar refractivity (Wildman–Crippen MR) is 157 cm³/mol. The molecule has 3 aliphatic heterocycles. The number of rotatable bonds is 6. The second-order valence-corrected chi connectivity index (χ2v) is 11.8. The van der Waals surface area contributed by atoms with Crippen molar-refractivity contribution in [1.29, 1.82) is 0 Å². The third-order valence-electron chi connectivity index (χ3n) is 9.20. The van der Waals surface area contributed by atoms with Crippen LogP contribution in [0.25, 0.3) is 11.3 Å². The summed E-state index contributed by atoms with van der Waals surface area (Å²) in [6, 6.07) is 7.59. The summed E-state index contributed by atoms with van der Waals surface area (Å²) in [6.45, 7) is 7.10. The zero-order valence-corrected chi connectivity index (χ0v) is 24.9. The predicted octanol–water partition coefficient (Wildman–Crippen LogP) is 5.60. The zero-order chi connectivity index (χ0) is 30.4. The smallest absolute Gasteiger partial charge is 0.419 e. The maximum absolute atomic E-state index is 14.1. The van der Waals surface area contributed by atoms with E-state index in [1.54, 1.807) is 11.1 Å². The van der Waals surface area contributed by atoms with Gasteiger partial charge in [0, 0.05) is 50.0 Å². The molecular weight excluding hydrogens is 581 g/mol. The van der Waals surface area contributed by atoms with E-state index in [2.05, 4.69) is 22.2 Å². The molecule has 0 bridgehead atoms. The van der Waals surface area contributed by atoms with Crippen molar-refractivity contribution >= 4 is 23.2 Å². The van der Waals surface area contributed by atoms with Crippen LogP contribution >= 0.6 is 11.6 Å². The summed E-state index contributed by atoms with van der Waals surface area (Å²) in [5, 5.41) is 2.96. The molecule has 0 aromatic carbocycles. The molecule has 2 saturated heterocycles. The molecular formula is C31H34ClF3N6O2. The number of alkyl halides is 3. The third-order valence-corrected chi connectivity index (χ3v) is 9.48. The molecule has 3 aromatic rings. The molecule has 228 valence electrons. The Labute approximate surface area is 253 Å². The quantitative estimate of drug-likeness (QED) is 0.387. The van der Waals surface area contributed by atoms with Gasteiger partial charge in [0.2, 0.25) is 5.88 Å². The zero-order valence-electron chi connectivity index (χ0n) is 24.1. The van der Waals surface area contributed by atoms with Crippen LogP contribution in [0.3, 0.4) is 0 Å². The van der Waals surface area contributed by atoms with E-state index in [0.29, 0.717) is 68.5 Å². The first kappa shape index (κ1) is 29.6. The van der Waals surface area contributed by atoms with Crippen molar-refractivity contribution in [3.63, 3.8) is 0 Å². The molecule has 43 heavy (non-hydrogen) atoms. The van der Waals surface area contributed by atoms with Gasteiger partial charge >= 0.3 is 6.18 Å². The Bertz CT molecular complexity index is 1520. The molecule has 3 aromatic heterocycles. The summed E-state index contributed by atoms with van der Waals surface area (Å²) in [5.74, 6) is 0.270. The number of hydrogen-bond acceptors (Lipinski definition) is 7. The van der Waals surface area contributed by atoms with E-state index in [9.17, 15) is 18.0 Å². The lowest BCUT2D eigenvalue weighted by molar-refractivity contribution is -0.137. The Morgan fingerprint density at radius 1 is 1.21 bits per heavy atom. The first-order chi connectivity index (χ1) is 20.7. The highest BCUT2D eigenvalue weighted by Gasteiger charge is 2.52. The van der Waals surface area contributed by atoms with Crippen molar-refractivity contribution in [1.82, 2.24) is 25.2 Å². The highest BCUT2D eigenvalue weighted by molar-refractivity contribution is 6.31. The highest BCUT2D eigenvalue weighted by atomic mass is 35.5. The topological polar surface area (TPSA) is 83.5 Å². The number of ether oxygens (including phenoxy) is 1. The van der Waals surface area contributed by atoms with Gasteiger partial charge < -0.3 is 19.9 Å². The fourth-order valence-corrected chi connectivity index (χ4v) is 7.39. The summed E-state index contributed by atoms with van der Waals surface area (Å²) >= 11 is 6.04. The van der Waals surface area contributed by atoms with Crippen LogP contribution in [0.2, 0.25) is 5.02 Å². The van der Waals surface area contributed by atoms with Crippen LogP contribution < -0.4 is 15.0 Å². The largest absolute Gasteiger partial charge is 0.477 e. The third kappa shape index (κ3) is 5.20. The van der Waals surface area contributed by atoms with E-state index in [-0.39, 0.29) is 23.6 Å².